The number of hydrogen-bond acceptors (Lipinski definition) is 3. The van der Waals surface area contributed by atoms with E-state index in [0.717, 1.165) is 34.6 Å². The second kappa shape index (κ2) is 6.53. The third kappa shape index (κ3) is 3.17. The van der Waals surface area contributed by atoms with Gasteiger partial charge in [-0.2, -0.15) is 0 Å². The van der Waals surface area contributed by atoms with Crippen molar-refractivity contribution in [3.05, 3.63) is 50.7 Å². The molecule has 0 aliphatic heterocycles. The van der Waals surface area contributed by atoms with Crippen molar-refractivity contribution < 1.29 is 9.53 Å². The lowest BCUT2D eigenvalue weighted by Gasteiger charge is -2.12. The minimum absolute atomic E-state index is 0.0181. The van der Waals surface area contributed by atoms with E-state index in [1.807, 2.05) is 32.0 Å². The summed E-state index contributed by atoms with van der Waals surface area (Å²) in [5.74, 6) is 0.941. The van der Waals surface area contributed by atoms with E-state index < -0.39 is 0 Å². The van der Waals surface area contributed by atoms with Gasteiger partial charge in [0.05, 0.1) is 11.4 Å². The average molecular weight is 315 g/mol. The lowest BCUT2D eigenvalue weighted by Crippen LogP contribution is -2.27. The van der Waals surface area contributed by atoms with Crippen molar-refractivity contribution in [2.45, 2.75) is 33.1 Å². The van der Waals surface area contributed by atoms with Crippen LogP contribution in [0.5, 0.6) is 5.75 Å². The summed E-state index contributed by atoms with van der Waals surface area (Å²) >= 11 is 1.64. The topological polar surface area (TPSA) is 38.3 Å². The monoisotopic (exact) mass is 315 g/mol. The maximum atomic E-state index is 12.1. The van der Waals surface area contributed by atoms with Gasteiger partial charge in [0.15, 0.2) is 0 Å². The Balaban J connectivity index is 1.49. The Labute approximate surface area is 135 Å². The number of para-hydroxylation sites is 1. The molecule has 0 unspecified atom stereocenters. The van der Waals surface area contributed by atoms with E-state index in [0.29, 0.717) is 13.2 Å². The number of amides is 1. The molecule has 2 aromatic rings. The quantitative estimate of drug-likeness (QED) is 0.855. The first-order valence-electron chi connectivity index (χ1n) is 7.74. The number of hydrogen-bond donors (Lipinski definition) is 1. The van der Waals surface area contributed by atoms with E-state index >= 15 is 0 Å². The lowest BCUT2D eigenvalue weighted by molar-refractivity contribution is 0.0951. The Bertz CT molecular complexity index is 649. The molecule has 0 saturated carbocycles. The summed E-state index contributed by atoms with van der Waals surface area (Å²) < 4.78 is 5.80. The highest BCUT2D eigenvalue weighted by molar-refractivity contribution is 7.14. The number of carbonyl (C=O) groups excluding carboxylic acids is 1. The molecule has 1 heterocycles. The van der Waals surface area contributed by atoms with Gasteiger partial charge in [-0.15, -0.1) is 11.3 Å². The summed E-state index contributed by atoms with van der Waals surface area (Å²) in [5, 5.41) is 2.94. The Morgan fingerprint density at radius 1 is 1.27 bits per heavy atom. The zero-order valence-corrected chi connectivity index (χ0v) is 13.9. The number of nitrogens with one attached hydrogen (secondary N) is 1. The Kier molecular flexibility index (Phi) is 4.48. The van der Waals surface area contributed by atoms with Crippen LogP contribution in [0, 0.1) is 13.8 Å². The Hall–Kier alpha value is -1.81. The Morgan fingerprint density at radius 2 is 2.05 bits per heavy atom. The average Bonchev–Trinajstić information content (AvgIpc) is 3.07. The van der Waals surface area contributed by atoms with Gasteiger partial charge < -0.3 is 10.1 Å². The maximum absolute atomic E-state index is 12.1. The number of rotatable bonds is 5. The molecular weight excluding hydrogens is 294 g/mol. The Morgan fingerprint density at radius 3 is 2.77 bits per heavy atom. The molecule has 1 N–H and O–H groups in total. The van der Waals surface area contributed by atoms with Crippen molar-refractivity contribution in [2.75, 3.05) is 13.2 Å². The van der Waals surface area contributed by atoms with E-state index in [2.05, 4.69) is 11.4 Å². The predicted octanol–water partition coefficient (Wildman–Crippen LogP) is 3.66. The summed E-state index contributed by atoms with van der Waals surface area (Å²) in [7, 11) is 0. The maximum Gasteiger partial charge on any atom is 0.261 e. The van der Waals surface area contributed by atoms with Crippen LogP contribution in [0.25, 0.3) is 0 Å². The van der Waals surface area contributed by atoms with Gasteiger partial charge in [0, 0.05) is 4.88 Å². The van der Waals surface area contributed by atoms with E-state index in [1.54, 1.807) is 11.3 Å². The second-order valence-electron chi connectivity index (χ2n) is 5.74. The molecule has 0 radical (unpaired) electrons. The third-order valence-corrected chi connectivity index (χ3v) is 5.25. The number of thiophene rings is 1. The van der Waals surface area contributed by atoms with Crippen molar-refractivity contribution in [3.63, 3.8) is 0 Å². The van der Waals surface area contributed by atoms with Crippen LogP contribution in [0.2, 0.25) is 0 Å². The molecule has 0 bridgehead atoms. The van der Waals surface area contributed by atoms with Crippen LogP contribution in [0.1, 0.15) is 37.7 Å². The van der Waals surface area contributed by atoms with Gasteiger partial charge in [-0.25, -0.2) is 0 Å². The van der Waals surface area contributed by atoms with Gasteiger partial charge in [-0.1, -0.05) is 18.2 Å². The molecule has 22 heavy (non-hydrogen) atoms. The molecule has 0 saturated heterocycles. The minimum atomic E-state index is 0.0181. The highest BCUT2D eigenvalue weighted by atomic mass is 32.1. The second-order valence-corrected chi connectivity index (χ2v) is 6.87. The molecule has 0 atom stereocenters. The SMILES string of the molecule is Cc1cccc(C)c1OCCNC(=O)c1cc2c(s1)CCC2. The molecule has 116 valence electrons. The summed E-state index contributed by atoms with van der Waals surface area (Å²) in [6.45, 7) is 5.08. The zero-order valence-electron chi connectivity index (χ0n) is 13.1. The van der Waals surface area contributed by atoms with E-state index in [-0.39, 0.29) is 5.91 Å². The number of carbonyl (C=O) groups is 1. The van der Waals surface area contributed by atoms with Crippen molar-refractivity contribution in [2.24, 2.45) is 0 Å². The molecule has 0 fully saturated rings. The van der Waals surface area contributed by atoms with Gasteiger partial charge in [0.2, 0.25) is 0 Å². The van der Waals surface area contributed by atoms with Crippen molar-refractivity contribution in [3.8, 4) is 5.75 Å². The van der Waals surface area contributed by atoms with Crippen LogP contribution in [0.15, 0.2) is 24.3 Å². The third-order valence-electron chi connectivity index (χ3n) is 4.01. The molecule has 4 heteroatoms. The lowest BCUT2D eigenvalue weighted by atomic mass is 10.1. The predicted molar refractivity (Wildman–Crippen MR) is 90.1 cm³/mol. The highest BCUT2D eigenvalue weighted by Gasteiger charge is 2.18. The fraction of sp³-hybridized carbons (Fsp3) is 0.389. The van der Waals surface area contributed by atoms with Crippen molar-refractivity contribution >= 4 is 17.2 Å². The summed E-state index contributed by atoms with van der Waals surface area (Å²) in [6.07, 6.45) is 3.48. The molecule has 1 aliphatic rings. The summed E-state index contributed by atoms with van der Waals surface area (Å²) in [5.41, 5.74) is 3.61. The van der Waals surface area contributed by atoms with Gasteiger partial charge >= 0.3 is 0 Å². The summed E-state index contributed by atoms with van der Waals surface area (Å²) in [4.78, 5) is 14.4. The molecular formula is C18H21NO2S. The van der Waals surface area contributed by atoms with E-state index in [4.69, 9.17) is 4.74 Å². The molecule has 0 spiro atoms. The molecule has 1 aromatic heterocycles. The van der Waals surface area contributed by atoms with Crippen molar-refractivity contribution in [1.82, 2.24) is 5.32 Å². The van der Waals surface area contributed by atoms with Gasteiger partial charge in [-0.05, 0) is 55.9 Å². The van der Waals surface area contributed by atoms with E-state index in [1.165, 1.54) is 16.9 Å². The molecule has 3 nitrogen and oxygen atoms in total. The molecule has 1 aliphatic carbocycles. The first kappa shape index (κ1) is 15.1. The number of benzene rings is 1. The van der Waals surface area contributed by atoms with Crippen molar-refractivity contribution in [1.29, 1.82) is 0 Å². The van der Waals surface area contributed by atoms with Crippen LogP contribution in [0.4, 0.5) is 0 Å². The number of fused-ring (bicyclic) bond motifs is 1. The first-order chi connectivity index (χ1) is 10.6. The number of aryl methyl sites for hydroxylation is 4. The van der Waals surface area contributed by atoms with Crippen LogP contribution in [-0.2, 0) is 12.8 Å². The fourth-order valence-corrected chi connectivity index (χ4v) is 4.04. The normalized spacial score (nSPS) is 13.0. The standard InChI is InChI=1S/C18H21NO2S/c1-12-5-3-6-13(2)17(12)21-10-9-19-18(20)16-11-14-7-4-8-15(14)22-16/h3,5-6,11H,4,7-10H2,1-2H3,(H,19,20). The molecule has 1 aromatic carbocycles. The fourth-order valence-electron chi connectivity index (χ4n) is 2.87. The van der Waals surface area contributed by atoms with Crippen LogP contribution >= 0.6 is 11.3 Å². The van der Waals surface area contributed by atoms with Gasteiger partial charge in [0.1, 0.15) is 12.4 Å². The zero-order chi connectivity index (χ0) is 15.5. The van der Waals surface area contributed by atoms with Crippen LogP contribution in [0.3, 0.4) is 0 Å². The van der Waals surface area contributed by atoms with Gasteiger partial charge in [-0.3, -0.25) is 4.79 Å². The molecule has 1 amide bonds. The summed E-state index contributed by atoms with van der Waals surface area (Å²) in [6, 6.07) is 8.15. The smallest absolute Gasteiger partial charge is 0.261 e. The van der Waals surface area contributed by atoms with E-state index in [9.17, 15) is 4.79 Å². The highest BCUT2D eigenvalue weighted by Crippen LogP contribution is 2.30. The number of ether oxygens (including phenoxy) is 1. The van der Waals surface area contributed by atoms with Crippen LogP contribution in [-0.4, -0.2) is 19.1 Å². The first-order valence-corrected chi connectivity index (χ1v) is 8.55. The van der Waals surface area contributed by atoms with Gasteiger partial charge in [0.25, 0.3) is 5.91 Å². The molecule has 3 rings (SSSR count). The van der Waals surface area contributed by atoms with Crippen LogP contribution < -0.4 is 10.1 Å². The minimum Gasteiger partial charge on any atom is -0.491 e. The largest absolute Gasteiger partial charge is 0.491 e.